The highest BCUT2D eigenvalue weighted by Crippen LogP contribution is 2.30. The van der Waals surface area contributed by atoms with Gasteiger partial charge >= 0.3 is 0 Å². The molecule has 16 heavy (non-hydrogen) atoms. The number of hydrogen-bond donors (Lipinski definition) is 1. The molecule has 2 unspecified atom stereocenters. The van der Waals surface area contributed by atoms with Gasteiger partial charge in [-0.1, -0.05) is 41.4 Å². The van der Waals surface area contributed by atoms with Crippen molar-refractivity contribution in [3.05, 3.63) is 46.0 Å². The minimum Gasteiger partial charge on any atom is -0.324 e. The lowest BCUT2D eigenvalue weighted by atomic mass is 9.96. The summed E-state index contributed by atoms with van der Waals surface area (Å²) >= 11 is 11.9. The van der Waals surface area contributed by atoms with Gasteiger partial charge in [0.05, 0.1) is 10.0 Å². The maximum Gasteiger partial charge on any atom is 0.171 e. The van der Waals surface area contributed by atoms with Crippen LogP contribution in [0.25, 0.3) is 0 Å². The van der Waals surface area contributed by atoms with Gasteiger partial charge in [0.15, 0.2) is 5.78 Å². The van der Waals surface area contributed by atoms with Crippen LogP contribution in [0.5, 0.6) is 0 Å². The van der Waals surface area contributed by atoms with Crippen LogP contribution in [0.3, 0.4) is 0 Å². The summed E-state index contributed by atoms with van der Waals surface area (Å²) in [6, 6.07) is 5.04. The van der Waals surface area contributed by atoms with Crippen LogP contribution in [-0.4, -0.2) is 11.8 Å². The van der Waals surface area contributed by atoms with E-state index in [1.807, 2.05) is 12.2 Å². The van der Waals surface area contributed by atoms with E-state index in [1.54, 1.807) is 18.2 Å². The van der Waals surface area contributed by atoms with E-state index in [1.165, 1.54) is 0 Å². The standard InChI is InChI=1S/C12H11Cl2NO/c13-10-3-1-2-9(11(10)14)12(16)7-4-5-8(15)6-7/h1-5,7-8H,6,15H2. The molecule has 1 aliphatic rings. The van der Waals surface area contributed by atoms with Crippen molar-refractivity contribution in [1.82, 2.24) is 0 Å². The monoisotopic (exact) mass is 255 g/mol. The van der Waals surface area contributed by atoms with Gasteiger partial charge in [0.1, 0.15) is 0 Å². The summed E-state index contributed by atoms with van der Waals surface area (Å²) in [5, 5.41) is 0.724. The number of ketones is 1. The van der Waals surface area contributed by atoms with Crippen molar-refractivity contribution in [3.8, 4) is 0 Å². The van der Waals surface area contributed by atoms with Crippen LogP contribution in [0.15, 0.2) is 30.4 Å². The molecule has 0 bridgehead atoms. The Balaban J connectivity index is 2.28. The number of carbonyl (C=O) groups is 1. The van der Waals surface area contributed by atoms with Crippen LogP contribution in [0.4, 0.5) is 0 Å². The minimum absolute atomic E-state index is 0.0169. The van der Waals surface area contributed by atoms with E-state index < -0.39 is 0 Å². The van der Waals surface area contributed by atoms with Gasteiger partial charge in [0.25, 0.3) is 0 Å². The summed E-state index contributed by atoms with van der Waals surface area (Å²) in [5.41, 5.74) is 6.18. The number of hydrogen-bond acceptors (Lipinski definition) is 2. The first-order chi connectivity index (χ1) is 7.59. The van der Waals surface area contributed by atoms with Gasteiger partial charge in [-0.3, -0.25) is 4.79 Å². The number of rotatable bonds is 2. The fourth-order valence-electron chi connectivity index (χ4n) is 1.82. The maximum atomic E-state index is 12.1. The van der Waals surface area contributed by atoms with Gasteiger partial charge in [-0.05, 0) is 18.6 Å². The largest absolute Gasteiger partial charge is 0.324 e. The third-order valence-electron chi connectivity index (χ3n) is 2.67. The fraction of sp³-hybridized carbons (Fsp3) is 0.250. The second-order valence-corrected chi connectivity index (χ2v) is 4.64. The average Bonchev–Trinajstić information content (AvgIpc) is 2.68. The summed E-state index contributed by atoms with van der Waals surface area (Å²) in [7, 11) is 0. The Morgan fingerprint density at radius 1 is 1.31 bits per heavy atom. The summed E-state index contributed by atoms with van der Waals surface area (Å²) in [6.45, 7) is 0. The van der Waals surface area contributed by atoms with Gasteiger partial charge in [0, 0.05) is 17.5 Å². The van der Waals surface area contributed by atoms with Crippen LogP contribution in [0, 0.1) is 5.92 Å². The molecule has 0 radical (unpaired) electrons. The molecule has 0 amide bonds. The Labute approximate surface area is 104 Å². The van der Waals surface area contributed by atoms with E-state index in [-0.39, 0.29) is 17.7 Å². The number of nitrogens with two attached hydrogens (primary N) is 1. The molecule has 0 heterocycles. The van der Waals surface area contributed by atoms with Crippen LogP contribution in [0.1, 0.15) is 16.8 Å². The Morgan fingerprint density at radius 3 is 2.69 bits per heavy atom. The van der Waals surface area contributed by atoms with Crippen molar-refractivity contribution in [1.29, 1.82) is 0 Å². The van der Waals surface area contributed by atoms with E-state index in [9.17, 15) is 4.79 Å². The summed E-state index contributed by atoms with van der Waals surface area (Å²) < 4.78 is 0. The molecule has 1 aromatic rings. The first-order valence-corrected chi connectivity index (χ1v) is 5.77. The predicted molar refractivity (Wildman–Crippen MR) is 66.0 cm³/mol. The first kappa shape index (κ1) is 11.6. The van der Waals surface area contributed by atoms with Gasteiger partial charge in [-0.2, -0.15) is 0 Å². The molecule has 0 fully saturated rings. The molecule has 0 saturated carbocycles. The molecule has 0 aliphatic heterocycles. The molecule has 1 aliphatic carbocycles. The van der Waals surface area contributed by atoms with Crippen LogP contribution in [-0.2, 0) is 0 Å². The first-order valence-electron chi connectivity index (χ1n) is 5.01. The fourth-order valence-corrected chi connectivity index (χ4v) is 2.21. The third-order valence-corrected chi connectivity index (χ3v) is 3.49. The maximum absolute atomic E-state index is 12.1. The lowest BCUT2D eigenvalue weighted by Gasteiger charge is -2.10. The van der Waals surface area contributed by atoms with Crippen molar-refractivity contribution >= 4 is 29.0 Å². The lowest BCUT2D eigenvalue weighted by molar-refractivity contribution is 0.0943. The van der Waals surface area contributed by atoms with E-state index in [0.29, 0.717) is 22.0 Å². The number of carbonyl (C=O) groups excluding carboxylic acids is 1. The second-order valence-electron chi connectivity index (χ2n) is 3.86. The second kappa shape index (κ2) is 4.58. The molecule has 2 N–H and O–H groups in total. The van der Waals surface area contributed by atoms with Gasteiger partial charge in [-0.25, -0.2) is 0 Å². The number of Topliss-reactive ketones (excluding diaryl/α,β-unsaturated/α-hetero) is 1. The molecule has 0 aromatic heterocycles. The van der Waals surface area contributed by atoms with Crippen LogP contribution < -0.4 is 5.73 Å². The Hall–Kier alpha value is -0.830. The molecular weight excluding hydrogens is 245 g/mol. The summed E-state index contributed by atoms with van der Waals surface area (Å²) in [5.74, 6) is -0.192. The molecule has 2 nitrogen and oxygen atoms in total. The average molecular weight is 256 g/mol. The molecular formula is C12H11Cl2NO. The Morgan fingerprint density at radius 2 is 2.06 bits per heavy atom. The van der Waals surface area contributed by atoms with Crippen molar-refractivity contribution in [3.63, 3.8) is 0 Å². The highest BCUT2D eigenvalue weighted by Gasteiger charge is 2.25. The number of benzene rings is 1. The summed E-state index contributed by atoms with van der Waals surface area (Å²) in [4.78, 5) is 12.1. The highest BCUT2D eigenvalue weighted by atomic mass is 35.5. The smallest absolute Gasteiger partial charge is 0.171 e. The van der Waals surface area contributed by atoms with Crippen molar-refractivity contribution in [2.45, 2.75) is 12.5 Å². The van der Waals surface area contributed by atoms with Gasteiger partial charge in [-0.15, -0.1) is 0 Å². The van der Waals surface area contributed by atoms with E-state index in [4.69, 9.17) is 28.9 Å². The van der Waals surface area contributed by atoms with E-state index >= 15 is 0 Å². The molecule has 0 saturated heterocycles. The highest BCUT2D eigenvalue weighted by molar-refractivity contribution is 6.44. The third kappa shape index (κ3) is 2.14. The number of allylic oxidation sites excluding steroid dienone is 1. The molecule has 2 rings (SSSR count). The van der Waals surface area contributed by atoms with E-state index in [2.05, 4.69) is 0 Å². The quantitative estimate of drug-likeness (QED) is 0.652. The van der Waals surface area contributed by atoms with Gasteiger partial charge < -0.3 is 5.73 Å². The lowest BCUT2D eigenvalue weighted by Crippen LogP contribution is -2.19. The SMILES string of the molecule is NC1C=CC(C(=O)c2cccc(Cl)c2Cl)C1. The topological polar surface area (TPSA) is 43.1 Å². The van der Waals surface area contributed by atoms with Crippen molar-refractivity contribution < 1.29 is 4.79 Å². The predicted octanol–water partition coefficient (Wildman–Crippen LogP) is 3.08. The Bertz CT molecular complexity index is 456. The van der Waals surface area contributed by atoms with Crippen LogP contribution in [0.2, 0.25) is 10.0 Å². The van der Waals surface area contributed by atoms with E-state index in [0.717, 1.165) is 0 Å². The zero-order chi connectivity index (χ0) is 11.7. The van der Waals surface area contributed by atoms with Crippen LogP contribution >= 0.6 is 23.2 Å². The molecule has 1 aromatic carbocycles. The Kier molecular flexibility index (Phi) is 3.33. The van der Waals surface area contributed by atoms with Crippen molar-refractivity contribution in [2.24, 2.45) is 11.7 Å². The zero-order valence-electron chi connectivity index (χ0n) is 8.49. The molecule has 2 atom stereocenters. The molecule has 4 heteroatoms. The zero-order valence-corrected chi connectivity index (χ0v) is 10.0. The molecule has 84 valence electrons. The molecule has 0 spiro atoms. The number of halogens is 2. The van der Waals surface area contributed by atoms with Crippen molar-refractivity contribution in [2.75, 3.05) is 0 Å². The minimum atomic E-state index is -0.175. The van der Waals surface area contributed by atoms with Gasteiger partial charge in [0.2, 0.25) is 0 Å². The normalized spacial score (nSPS) is 23.7. The summed E-state index contributed by atoms with van der Waals surface area (Å²) in [6.07, 6.45) is 4.33.